The van der Waals surface area contributed by atoms with Crippen molar-refractivity contribution < 1.29 is 13.2 Å². The van der Waals surface area contributed by atoms with E-state index < -0.39 is 10.0 Å². The quantitative estimate of drug-likeness (QED) is 0.490. The van der Waals surface area contributed by atoms with E-state index in [1.165, 1.54) is 12.8 Å². The number of hydrogen-bond donors (Lipinski definition) is 3. The number of hydrogen-bond acceptors (Lipinski definition) is 7. The summed E-state index contributed by atoms with van der Waals surface area (Å²) in [5.74, 6) is 0.850. The highest BCUT2D eigenvalue weighted by Crippen LogP contribution is 2.34. The molecule has 1 saturated heterocycles. The second kappa shape index (κ2) is 9.68. The van der Waals surface area contributed by atoms with Crippen molar-refractivity contribution >= 4 is 27.2 Å². The number of nitrogens with zero attached hydrogens (tertiary/aromatic N) is 2. The summed E-state index contributed by atoms with van der Waals surface area (Å²) < 4.78 is 32.1. The van der Waals surface area contributed by atoms with Gasteiger partial charge in [0.25, 0.3) is 0 Å². The summed E-state index contributed by atoms with van der Waals surface area (Å²) in [7, 11) is -1.89. The van der Waals surface area contributed by atoms with E-state index in [2.05, 4.69) is 44.2 Å². The van der Waals surface area contributed by atoms with Crippen molar-refractivity contribution in [3.8, 4) is 28.0 Å². The van der Waals surface area contributed by atoms with Crippen LogP contribution in [-0.2, 0) is 10.0 Å². The molecule has 0 amide bonds. The maximum absolute atomic E-state index is 12.1. The van der Waals surface area contributed by atoms with Gasteiger partial charge in [0.1, 0.15) is 11.6 Å². The van der Waals surface area contributed by atoms with E-state index in [-0.39, 0.29) is 5.75 Å². The monoisotopic (exact) mass is 467 g/mol. The lowest BCUT2D eigenvalue weighted by Crippen LogP contribution is -2.43. The number of nitrogens with two attached hydrogens (primary N) is 1. The average molecular weight is 468 g/mol. The Morgan fingerprint density at radius 1 is 1.06 bits per heavy atom. The molecule has 1 aromatic heterocycles. The summed E-state index contributed by atoms with van der Waals surface area (Å²) >= 11 is 0. The van der Waals surface area contributed by atoms with Crippen LogP contribution in [0.3, 0.4) is 0 Å². The molecular weight excluding hydrogens is 438 g/mol. The fraction of sp³-hybridized carbons (Fsp3) is 0.292. The first-order valence-corrected chi connectivity index (χ1v) is 12.6. The van der Waals surface area contributed by atoms with E-state index in [1.54, 1.807) is 25.3 Å². The van der Waals surface area contributed by atoms with Crippen molar-refractivity contribution in [2.24, 2.45) is 0 Å². The van der Waals surface area contributed by atoms with Crippen LogP contribution in [0.2, 0.25) is 0 Å². The van der Waals surface area contributed by atoms with Crippen LogP contribution in [0.25, 0.3) is 22.3 Å². The third kappa shape index (κ3) is 5.37. The molecule has 4 rings (SSSR count). The normalized spacial score (nSPS) is 14.2. The fourth-order valence-electron chi connectivity index (χ4n) is 3.84. The van der Waals surface area contributed by atoms with Crippen LogP contribution < -0.4 is 25.4 Å². The van der Waals surface area contributed by atoms with Crippen molar-refractivity contribution in [2.75, 3.05) is 54.4 Å². The number of aromatic nitrogens is 1. The SMILES string of the molecule is CCS(=O)(=O)Nc1cc(OC)cc(-c2cc(-c3ccc(N4CCNCC4)cc3)cnc2N)c1. The van der Waals surface area contributed by atoms with Gasteiger partial charge in [-0.3, -0.25) is 4.72 Å². The second-order valence-electron chi connectivity index (χ2n) is 7.90. The van der Waals surface area contributed by atoms with E-state index in [1.807, 2.05) is 12.1 Å². The highest BCUT2D eigenvalue weighted by Gasteiger charge is 2.14. The molecule has 0 radical (unpaired) electrons. The van der Waals surface area contributed by atoms with Gasteiger partial charge in [0, 0.05) is 55.3 Å². The number of benzene rings is 2. The first-order valence-electron chi connectivity index (χ1n) is 10.9. The maximum atomic E-state index is 12.1. The van der Waals surface area contributed by atoms with E-state index in [4.69, 9.17) is 10.5 Å². The van der Waals surface area contributed by atoms with Crippen molar-refractivity contribution in [1.29, 1.82) is 0 Å². The largest absolute Gasteiger partial charge is 0.497 e. The van der Waals surface area contributed by atoms with Gasteiger partial charge in [-0.2, -0.15) is 0 Å². The van der Waals surface area contributed by atoms with Gasteiger partial charge in [-0.1, -0.05) is 12.1 Å². The van der Waals surface area contributed by atoms with Crippen molar-refractivity contribution in [1.82, 2.24) is 10.3 Å². The Balaban J connectivity index is 1.67. The number of sulfonamides is 1. The first-order chi connectivity index (χ1) is 15.9. The number of methoxy groups -OCH3 is 1. The molecular formula is C24H29N5O3S. The van der Waals surface area contributed by atoms with Gasteiger partial charge in [0.15, 0.2) is 0 Å². The van der Waals surface area contributed by atoms with Gasteiger partial charge in [-0.25, -0.2) is 13.4 Å². The molecule has 2 aromatic carbocycles. The molecule has 0 saturated carbocycles. The first kappa shape index (κ1) is 22.9. The zero-order chi connectivity index (χ0) is 23.4. The Labute approximate surface area is 194 Å². The molecule has 8 nitrogen and oxygen atoms in total. The van der Waals surface area contributed by atoms with Crippen molar-refractivity contribution in [3.05, 3.63) is 54.7 Å². The van der Waals surface area contributed by atoms with Crippen LogP contribution in [0, 0.1) is 0 Å². The molecule has 0 atom stereocenters. The summed E-state index contributed by atoms with van der Waals surface area (Å²) in [5.41, 5.74) is 11.2. The van der Waals surface area contributed by atoms with E-state index in [0.29, 0.717) is 28.4 Å². The van der Waals surface area contributed by atoms with E-state index >= 15 is 0 Å². The number of nitrogen functional groups attached to an aromatic ring is 1. The van der Waals surface area contributed by atoms with Crippen molar-refractivity contribution in [2.45, 2.75) is 6.92 Å². The van der Waals surface area contributed by atoms with Crippen LogP contribution in [0.4, 0.5) is 17.2 Å². The van der Waals surface area contributed by atoms with Crippen LogP contribution in [0.15, 0.2) is 54.7 Å². The molecule has 9 heteroatoms. The third-order valence-electron chi connectivity index (χ3n) is 5.71. The summed E-state index contributed by atoms with van der Waals surface area (Å²) in [6.45, 7) is 5.55. The maximum Gasteiger partial charge on any atom is 0.232 e. The van der Waals surface area contributed by atoms with Gasteiger partial charge in [-0.15, -0.1) is 0 Å². The van der Waals surface area contributed by atoms with Crippen LogP contribution >= 0.6 is 0 Å². The second-order valence-corrected chi connectivity index (χ2v) is 9.91. The summed E-state index contributed by atoms with van der Waals surface area (Å²) in [5, 5.41) is 3.37. The van der Waals surface area contributed by atoms with Crippen LogP contribution in [0.5, 0.6) is 5.75 Å². The van der Waals surface area contributed by atoms with E-state index in [9.17, 15) is 8.42 Å². The van der Waals surface area contributed by atoms with Crippen LogP contribution in [0.1, 0.15) is 6.92 Å². The van der Waals surface area contributed by atoms with Gasteiger partial charge in [0.2, 0.25) is 10.0 Å². The van der Waals surface area contributed by atoms with Gasteiger partial charge >= 0.3 is 0 Å². The Bertz CT molecular complexity index is 1220. The lowest BCUT2D eigenvalue weighted by Gasteiger charge is -2.29. The number of anilines is 3. The third-order valence-corrected chi connectivity index (χ3v) is 7.01. The molecule has 0 aliphatic carbocycles. The van der Waals surface area contributed by atoms with Gasteiger partial charge in [-0.05, 0) is 48.4 Å². The summed E-state index contributed by atoms with van der Waals surface area (Å²) in [4.78, 5) is 6.76. The minimum atomic E-state index is -3.43. The van der Waals surface area contributed by atoms with Gasteiger partial charge in [0.05, 0.1) is 18.6 Å². The fourth-order valence-corrected chi connectivity index (χ4v) is 4.46. The number of ether oxygens (including phenoxy) is 1. The molecule has 4 N–H and O–H groups in total. The molecule has 3 aromatic rings. The average Bonchev–Trinajstić information content (AvgIpc) is 2.84. The lowest BCUT2D eigenvalue weighted by atomic mass is 10.00. The Hall–Kier alpha value is -3.30. The lowest BCUT2D eigenvalue weighted by molar-refractivity contribution is 0.415. The predicted molar refractivity (Wildman–Crippen MR) is 134 cm³/mol. The molecule has 33 heavy (non-hydrogen) atoms. The zero-order valence-electron chi connectivity index (χ0n) is 18.8. The smallest absolute Gasteiger partial charge is 0.232 e. The van der Waals surface area contributed by atoms with Crippen molar-refractivity contribution in [3.63, 3.8) is 0 Å². The minimum absolute atomic E-state index is 0.0251. The molecule has 2 heterocycles. The topological polar surface area (TPSA) is 110 Å². The molecule has 1 fully saturated rings. The molecule has 1 aliphatic heterocycles. The molecule has 174 valence electrons. The van der Waals surface area contributed by atoms with Crippen LogP contribution in [-0.4, -0.2) is 52.4 Å². The summed E-state index contributed by atoms with van der Waals surface area (Å²) in [6.07, 6.45) is 1.75. The number of rotatable bonds is 7. The molecule has 0 unspecified atom stereocenters. The Kier molecular flexibility index (Phi) is 6.71. The number of pyridine rings is 1. The standard InChI is InChI=1S/C24H29N5O3S/c1-3-33(30,31)28-20-12-18(13-22(15-20)32-2)23-14-19(16-27-24(23)25)17-4-6-21(7-5-17)29-10-8-26-9-11-29/h4-7,12-16,26,28H,3,8-11H2,1-2H3,(H2,25,27). The molecule has 0 bridgehead atoms. The Morgan fingerprint density at radius 3 is 2.45 bits per heavy atom. The summed E-state index contributed by atoms with van der Waals surface area (Å²) in [6, 6.07) is 15.6. The molecule has 1 aliphatic rings. The number of piperazine rings is 1. The molecule has 0 spiro atoms. The van der Waals surface area contributed by atoms with Gasteiger partial charge < -0.3 is 20.7 Å². The number of nitrogens with one attached hydrogen (secondary N) is 2. The highest BCUT2D eigenvalue weighted by atomic mass is 32.2. The highest BCUT2D eigenvalue weighted by molar-refractivity contribution is 7.92. The minimum Gasteiger partial charge on any atom is -0.497 e. The zero-order valence-corrected chi connectivity index (χ0v) is 19.7. The van der Waals surface area contributed by atoms with E-state index in [0.717, 1.165) is 37.3 Å². The Morgan fingerprint density at radius 2 is 1.79 bits per heavy atom. The predicted octanol–water partition coefficient (Wildman–Crippen LogP) is 3.18.